The predicted molar refractivity (Wildman–Crippen MR) is 324 cm³/mol. The van der Waals surface area contributed by atoms with Gasteiger partial charge in [0.1, 0.15) is 22.3 Å². The van der Waals surface area contributed by atoms with Crippen molar-refractivity contribution in [1.29, 1.82) is 0 Å². The van der Waals surface area contributed by atoms with Crippen LogP contribution in [0.5, 0.6) is 0 Å². The molecule has 3 nitrogen and oxygen atoms in total. The maximum Gasteiger partial charge on any atom is 0.143 e. The number of allylic oxidation sites excluding steroid dienone is 4. The van der Waals surface area contributed by atoms with Crippen molar-refractivity contribution in [3.63, 3.8) is 0 Å². The summed E-state index contributed by atoms with van der Waals surface area (Å²) in [6.45, 7) is 0. The third-order valence-corrected chi connectivity index (χ3v) is 16.2. The smallest absolute Gasteiger partial charge is 0.143 e. The lowest BCUT2D eigenvalue weighted by Gasteiger charge is -2.15. The van der Waals surface area contributed by atoms with Gasteiger partial charge in [0.05, 0.1) is 16.7 Å². The summed E-state index contributed by atoms with van der Waals surface area (Å²) < 4.78 is 16.5. The molecule has 0 unspecified atom stereocenters. The summed E-state index contributed by atoms with van der Waals surface area (Å²) in [5.41, 5.74) is 20.7. The third kappa shape index (κ3) is 7.05. The van der Waals surface area contributed by atoms with Crippen LogP contribution in [0.2, 0.25) is 0 Å². The third-order valence-electron chi connectivity index (χ3n) is 16.2. The Hall–Kier alpha value is -9.96. The maximum absolute atomic E-state index is 7.01. The zero-order chi connectivity index (χ0) is 50.6. The lowest BCUT2D eigenvalue weighted by atomic mass is 9.93. The van der Waals surface area contributed by atoms with Crippen molar-refractivity contribution in [2.24, 2.45) is 0 Å². The Morgan fingerprint density at radius 3 is 1.36 bits per heavy atom. The van der Waals surface area contributed by atoms with Crippen molar-refractivity contribution in [1.82, 2.24) is 4.57 Å². The Labute approximate surface area is 444 Å². The van der Waals surface area contributed by atoms with Gasteiger partial charge >= 0.3 is 0 Å². The van der Waals surface area contributed by atoms with Gasteiger partial charge < -0.3 is 13.4 Å². The second kappa shape index (κ2) is 17.3. The van der Waals surface area contributed by atoms with E-state index < -0.39 is 0 Å². The van der Waals surface area contributed by atoms with Crippen LogP contribution in [-0.4, -0.2) is 4.57 Å². The van der Waals surface area contributed by atoms with Gasteiger partial charge in [-0.2, -0.15) is 0 Å². The summed E-state index contributed by atoms with van der Waals surface area (Å²) in [6.07, 6.45) is 8.77. The molecule has 0 atom stereocenters. The number of aromatic nitrogens is 1. The standard InChI is InChI=1S/C74H47NO2/c1-5-17-46(18-6-1)50-31-35-71-64(37-50)66-41-55(48-21-9-3-10-22-48)39-62(73(66)76-71)53-29-33-60-61-34-30-54(45-70(61)75(69(60)44-53)68-43-52-25-13-14-26-57(52)58-27-15-16-28-59(58)68)63-40-56(49-23-11-4-12-24-49)42-67-65-38-51(47-19-7-2-8-20-47)32-36-72(65)77-74(63)67/h1-7,9-19,21-45H,8,20H2. The van der Waals surface area contributed by atoms with E-state index in [-0.39, 0.29) is 0 Å². The molecule has 0 radical (unpaired) electrons. The fraction of sp³-hybridized carbons (Fsp3) is 0.0270. The molecular weight excluding hydrogens is 935 g/mol. The minimum atomic E-state index is 0.867. The average Bonchev–Trinajstić information content (AvgIpc) is 4.30. The molecule has 0 bridgehead atoms. The molecule has 0 spiro atoms. The molecule has 3 heteroatoms. The minimum absolute atomic E-state index is 0.867. The second-order valence-electron chi connectivity index (χ2n) is 20.6. The lowest BCUT2D eigenvalue weighted by Crippen LogP contribution is -1.97. The van der Waals surface area contributed by atoms with E-state index >= 15 is 0 Å². The first-order chi connectivity index (χ1) is 38.1. The van der Waals surface area contributed by atoms with Gasteiger partial charge in [0.25, 0.3) is 0 Å². The Bertz CT molecular complexity index is 4950. The number of furan rings is 2. The van der Waals surface area contributed by atoms with Crippen molar-refractivity contribution in [2.75, 3.05) is 0 Å². The van der Waals surface area contributed by atoms with Crippen LogP contribution in [0.25, 0.3) is 154 Å². The monoisotopic (exact) mass is 981 g/mol. The molecule has 0 amide bonds. The number of hydrogen-bond donors (Lipinski definition) is 0. The van der Waals surface area contributed by atoms with Crippen molar-refractivity contribution in [3.8, 4) is 61.3 Å². The summed E-state index contributed by atoms with van der Waals surface area (Å²) in [7, 11) is 0. The summed E-state index contributed by atoms with van der Waals surface area (Å²) in [5, 5.41) is 11.6. The van der Waals surface area contributed by atoms with Gasteiger partial charge in [-0.3, -0.25) is 0 Å². The summed E-state index contributed by atoms with van der Waals surface area (Å²) in [4.78, 5) is 0. The van der Waals surface area contributed by atoms with Crippen molar-refractivity contribution < 1.29 is 8.83 Å². The van der Waals surface area contributed by atoms with E-state index in [0.29, 0.717) is 0 Å². The largest absolute Gasteiger partial charge is 0.455 e. The maximum atomic E-state index is 7.01. The van der Waals surface area contributed by atoms with Crippen LogP contribution in [0.4, 0.5) is 0 Å². The van der Waals surface area contributed by atoms with E-state index in [0.717, 1.165) is 124 Å². The van der Waals surface area contributed by atoms with Crippen LogP contribution in [0, 0.1) is 0 Å². The van der Waals surface area contributed by atoms with E-state index in [1.54, 1.807) is 0 Å². The first kappa shape index (κ1) is 43.4. The Kier molecular flexibility index (Phi) is 9.77. The minimum Gasteiger partial charge on any atom is -0.455 e. The molecule has 77 heavy (non-hydrogen) atoms. The second-order valence-corrected chi connectivity index (χ2v) is 20.6. The van der Waals surface area contributed by atoms with Crippen LogP contribution in [0.3, 0.4) is 0 Å². The van der Waals surface area contributed by atoms with Crippen LogP contribution in [0.1, 0.15) is 18.4 Å². The Balaban J connectivity index is 0.971. The van der Waals surface area contributed by atoms with Gasteiger partial charge in [0, 0.05) is 48.8 Å². The molecule has 15 aromatic rings. The van der Waals surface area contributed by atoms with Crippen molar-refractivity contribution in [2.45, 2.75) is 12.8 Å². The van der Waals surface area contributed by atoms with Crippen molar-refractivity contribution in [3.05, 3.63) is 266 Å². The molecule has 12 aromatic carbocycles. The highest BCUT2D eigenvalue weighted by Gasteiger charge is 2.23. The molecule has 16 rings (SSSR count). The molecule has 1 aliphatic rings. The number of hydrogen-bond acceptors (Lipinski definition) is 2. The van der Waals surface area contributed by atoms with Gasteiger partial charge in [0.2, 0.25) is 0 Å². The highest BCUT2D eigenvalue weighted by Crippen LogP contribution is 2.46. The molecule has 0 saturated heterocycles. The molecule has 1 aliphatic carbocycles. The fourth-order valence-corrected chi connectivity index (χ4v) is 12.5. The summed E-state index contributed by atoms with van der Waals surface area (Å²) >= 11 is 0. The van der Waals surface area contributed by atoms with E-state index in [1.165, 1.54) is 49.0 Å². The first-order valence-electron chi connectivity index (χ1n) is 26.7. The van der Waals surface area contributed by atoms with E-state index in [1.807, 2.05) is 0 Å². The molecule has 0 aliphatic heterocycles. The van der Waals surface area contributed by atoms with E-state index in [9.17, 15) is 0 Å². The molecular formula is C74H47NO2. The zero-order valence-electron chi connectivity index (χ0n) is 42.0. The molecule has 360 valence electrons. The highest BCUT2D eigenvalue weighted by atomic mass is 16.3. The van der Waals surface area contributed by atoms with E-state index in [2.05, 4.69) is 265 Å². The molecule has 0 fully saturated rings. The first-order valence-corrected chi connectivity index (χ1v) is 26.7. The normalized spacial score (nSPS) is 12.9. The number of fused-ring (bicyclic) bond motifs is 12. The van der Waals surface area contributed by atoms with Gasteiger partial charge in [0.15, 0.2) is 0 Å². The van der Waals surface area contributed by atoms with Gasteiger partial charge in [-0.1, -0.05) is 194 Å². The van der Waals surface area contributed by atoms with Gasteiger partial charge in [-0.05, 0) is 151 Å². The molecule has 0 saturated carbocycles. The van der Waals surface area contributed by atoms with Gasteiger partial charge in [-0.25, -0.2) is 0 Å². The topological polar surface area (TPSA) is 31.2 Å². The predicted octanol–water partition coefficient (Wildman–Crippen LogP) is 21.0. The van der Waals surface area contributed by atoms with E-state index in [4.69, 9.17) is 8.83 Å². The molecule has 3 aromatic heterocycles. The van der Waals surface area contributed by atoms with Crippen LogP contribution in [-0.2, 0) is 0 Å². The summed E-state index contributed by atoms with van der Waals surface area (Å²) in [5.74, 6) is 0. The molecule has 3 heterocycles. The highest BCUT2D eigenvalue weighted by molar-refractivity contribution is 6.19. The van der Waals surface area contributed by atoms with Crippen LogP contribution < -0.4 is 0 Å². The fourth-order valence-electron chi connectivity index (χ4n) is 12.5. The zero-order valence-corrected chi connectivity index (χ0v) is 42.0. The number of rotatable bonds is 7. The average molecular weight is 982 g/mol. The number of benzene rings is 12. The Morgan fingerprint density at radius 2 is 0.792 bits per heavy atom. The Morgan fingerprint density at radius 1 is 0.312 bits per heavy atom. The van der Waals surface area contributed by atoms with Crippen LogP contribution in [0.15, 0.2) is 270 Å². The molecule has 0 N–H and O–H groups in total. The van der Waals surface area contributed by atoms with Crippen LogP contribution >= 0.6 is 0 Å². The SMILES string of the molecule is C1=CCCC(c2ccc3oc4c(-c5ccc6c7ccc(-c8cc(-c9ccccc9)cc9c8oc8ccc(-c%10ccccc%10)cc89)cc7n(-c7cc8ccccc8c8ccccc78)c6c5)cc(-c5ccccc5)cc4c3c2)=C1. The quantitative estimate of drug-likeness (QED) is 0.149. The van der Waals surface area contributed by atoms with Gasteiger partial charge in [-0.15, -0.1) is 0 Å². The number of nitrogens with zero attached hydrogens (tertiary/aromatic N) is 1. The lowest BCUT2D eigenvalue weighted by molar-refractivity contribution is 0.669. The summed E-state index contributed by atoms with van der Waals surface area (Å²) in [6, 6.07) is 88.8. The van der Waals surface area contributed by atoms with Crippen molar-refractivity contribution >= 4 is 92.8 Å².